The molecule has 0 saturated carbocycles. The Morgan fingerprint density at radius 3 is 2.29 bits per heavy atom. The van der Waals surface area contributed by atoms with E-state index in [9.17, 15) is 4.79 Å². The molecule has 0 aliphatic heterocycles. The van der Waals surface area contributed by atoms with Gasteiger partial charge in [-0.15, -0.1) is 10.2 Å². The molecule has 3 rings (SSSR count). The third kappa shape index (κ3) is 4.51. The lowest BCUT2D eigenvalue weighted by Gasteiger charge is -2.19. The van der Waals surface area contributed by atoms with Crippen molar-refractivity contribution in [2.45, 2.75) is 26.2 Å². The van der Waals surface area contributed by atoms with Crippen LogP contribution < -0.4 is 10.6 Å². The van der Waals surface area contributed by atoms with Crippen molar-refractivity contribution in [1.82, 2.24) is 10.2 Å². The first-order valence-corrected chi connectivity index (χ1v) is 8.88. The first kappa shape index (κ1) is 19.1. The number of para-hydroxylation sites is 1. The van der Waals surface area contributed by atoms with Crippen LogP contribution in [0.4, 0.5) is 17.2 Å². The quantitative estimate of drug-likeness (QED) is 0.697. The van der Waals surface area contributed by atoms with Crippen molar-refractivity contribution in [2.24, 2.45) is 0 Å². The number of anilines is 3. The van der Waals surface area contributed by atoms with Crippen LogP contribution in [0, 0.1) is 11.3 Å². The molecule has 6 nitrogen and oxygen atoms in total. The van der Waals surface area contributed by atoms with Gasteiger partial charge in [0.25, 0.3) is 5.91 Å². The molecule has 0 saturated heterocycles. The van der Waals surface area contributed by atoms with E-state index in [-0.39, 0.29) is 11.1 Å². The van der Waals surface area contributed by atoms with Gasteiger partial charge in [-0.1, -0.05) is 45.0 Å². The van der Waals surface area contributed by atoms with Gasteiger partial charge in [0.05, 0.1) is 11.3 Å². The number of carbonyl (C=O) groups is 1. The second kappa shape index (κ2) is 7.89. The Morgan fingerprint density at radius 2 is 1.68 bits per heavy atom. The van der Waals surface area contributed by atoms with Crippen molar-refractivity contribution in [2.75, 3.05) is 10.6 Å². The number of nitrogens with zero attached hydrogens (tertiary/aromatic N) is 3. The van der Waals surface area contributed by atoms with Gasteiger partial charge in [-0.05, 0) is 47.4 Å². The number of hydrogen-bond acceptors (Lipinski definition) is 5. The molecule has 0 aliphatic carbocycles. The van der Waals surface area contributed by atoms with E-state index >= 15 is 0 Å². The maximum Gasteiger partial charge on any atom is 0.276 e. The van der Waals surface area contributed by atoms with E-state index in [0.717, 1.165) is 5.69 Å². The summed E-state index contributed by atoms with van der Waals surface area (Å²) in [5, 5.41) is 23.0. The minimum Gasteiger partial charge on any atom is -0.339 e. The minimum absolute atomic E-state index is 0.0948. The predicted molar refractivity (Wildman–Crippen MR) is 110 cm³/mol. The van der Waals surface area contributed by atoms with E-state index in [0.29, 0.717) is 17.1 Å². The molecular weight excluding hydrogens is 350 g/mol. The van der Waals surface area contributed by atoms with Gasteiger partial charge >= 0.3 is 0 Å². The standard InChI is InChI=1S/C22H21N5O/c1-22(2,3)16-8-10-17(11-9-16)24-20-13-12-19(26-27-20)21(28)25-18-7-5-4-6-15(18)14-23/h4-13H,1-3H3,(H,24,27)(H,25,28). The maximum atomic E-state index is 12.3. The smallest absolute Gasteiger partial charge is 0.276 e. The Morgan fingerprint density at radius 1 is 0.964 bits per heavy atom. The lowest BCUT2D eigenvalue weighted by Crippen LogP contribution is -2.15. The van der Waals surface area contributed by atoms with Crippen LogP contribution in [0.2, 0.25) is 0 Å². The first-order valence-electron chi connectivity index (χ1n) is 8.88. The zero-order valence-corrected chi connectivity index (χ0v) is 16.0. The molecule has 0 unspecified atom stereocenters. The minimum atomic E-state index is -0.420. The van der Waals surface area contributed by atoms with Crippen LogP contribution in [0.3, 0.4) is 0 Å². The topological polar surface area (TPSA) is 90.7 Å². The Bertz CT molecular complexity index is 1010. The summed E-state index contributed by atoms with van der Waals surface area (Å²) in [7, 11) is 0. The van der Waals surface area contributed by atoms with Crippen molar-refractivity contribution in [1.29, 1.82) is 5.26 Å². The molecule has 0 radical (unpaired) electrons. The molecule has 0 atom stereocenters. The number of carbonyl (C=O) groups excluding carboxylic acids is 1. The third-order valence-electron chi connectivity index (χ3n) is 4.22. The van der Waals surface area contributed by atoms with Crippen LogP contribution >= 0.6 is 0 Å². The van der Waals surface area contributed by atoms with Crippen LogP contribution in [0.15, 0.2) is 60.7 Å². The molecule has 6 heteroatoms. The molecule has 1 heterocycles. The molecule has 1 aromatic heterocycles. The molecule has 28 heavy (non-hydrogen) atoms. The van der Waals surface area contributed by atoms with Gasteiger partial charge in [0, 0.05) is 5.69 Å². The molecule has 0 aliphatic rings. The van der Waals surface area contributed by atoms with Crippen LogP contribution in [0.1, 0.15) is 42.4 Å². The van der Waals surface area contributed by atoms with Crippen LogP contribution in [0.25, 0.3) is 0 Å². The van der Waals surface area contributed by atoms with Crippen LogP contribution in [0.5, 0.6) is 0 Å². The molecule has 2 N–H and O–H groups in total. The predicted octanol–water partition coefficient (Wildman–Crippen LogP) is 4.64. The van der Waals surface area contributed by atoms with Crippen molar-refractivity contribution < 1.29 is 4.79 Å². The van der Waals surface area contributed by atoms with E-state index in [1.54, 1.807) is 36.4 Å². The largest absolute Gasteiger partial charge is 0.339 e. The SMILES string of the molecule is CC(C)(C)c1ccc(Nc2ccc(C(=O)Nc3ccccc3C#N)nn2)cc1. The third-order valence-corrected chi connectivity index (χ3v) is 4.22. The van der Waals surface area contributed by atoms with Crippen molar-refractivity contribution >= 4 is 23.1 Å². The lowest BCUT2D eigenvalue weighted by atomic mass is 9.87. The van der Waals surface area contributed by atoms with E-state index < -0.39 is 5.91 Å². The summed E-state index contributed by atoms with van der Waals surface area (Å²) in [5.74, 6) is 0.119. The maximum absolute atomic E-state index is 12.3. The normalized spacial score (nSPS) is 10.8. The van der Waals surface area contributed by atoms with Crippen LogP contribution in [-0.2, 0) is 5.41 Å². The van der Waals surface area contributed by atoms with Gasteiger partial charge in [0.15, 0.2) is 11.5 Å². The van der Waals surface area contributed by atoms with E-state index in [4.69, 9.17) is 5.26 Å². The number of nitriles is 1. The van der Waals surface area contributed by atoms with E-state index in [2.05, 4.69) is 53.7 Å². The lowest BCUT2D eigenvalue weighted by molar-refractivity contribution is 0.102. The van der Waals surface area contributed by atoms with E-state index in [1.807, 2.05) is 18.2 Å². The number of aromatic nitrogens is 2. The number of nitrogens with one attached hydrogen (secondary N) is 2. The van der Waals surface area contributed by atoms with Crippen molar-refractivity contribution in [3.05, 3.63) is 77.5 Å². The first-order chi connectivity index (χ1) is 13.4. The fourth-order valence-corrected chi connectivity index (χ4v) is 2.60. The molecule has 1 amide bonds. The summed E-state index contributed by atoms with van der Waals surface area (Å²) in [6.07, 6.45) is 0. The molecule has 0 spiro atoms. The Kier molecular flexibility index (Phi) is 5.37. The highest BCUT2D eigenvalue weighted by Crippen LogP contribution is 2.24. The Labute approximate surface area is 164 Å². The fraction of sp³-hybridized carbons (Fsp3) is 0.182. The molecule has 0 fully saturated rings. The average Bonchev–Trinajstić information content (AvgIpc) is 2.68. The zero-order chi connectivity index (χ0) is 20.1. The van der Waals surface area contributed by atoms with Crippen LogP contribution in [-0.4, -0.2) is 16.1 Å². The summed E-state index contributed by atoms with van der Waals surface area (Å²) in [6.45, 7) is 6.50. The number of rotatable bonds is 4. The van der Waals surface area contributed by atoms with Gasteiger partial charge < -0.3 is 10.6 Å². The second-order valence-electron chi connectivity index (χ2n) is 7.37. The number of amides is 1. The molecule has 140 valence electrons. The molecular formula is C22H21N5O. The summed E-state index contributed by atoms with van der Waals surface area (Å²) >= 11 is 0. The van der Waals surface area contributed by atoms with Crippen molar-refractivity contribution in [3.8, 4) is 6.07 Å². The average molecular weight is 371 g/mol. The summed E-state index contributed by atoms with van der Waals surface area (Å²) in [5.41, 5.74) is 3.23. The Hall–Kier alpha value is -3.72. The number of hydrogen-bond donors (Lipinski definition) is 2. The summed E-state index contributed by atoms with van der Waals surface area (Å²) < 4.78 is 0. The van der Waals surface area contributed by atoms with Gasteiger partial charge in [-0.3, -0.25) is 4.79 Å². The molecule has 0 bridgehead atoms. The van der Waals surface area contributed by atoms with Gasteiger partial charge in [0.2, 0.25) is 0 Å². The number of benzene rings is 2. The van der Waals surface area contributed by atoms with Gasteiger partial charge in [-0.2, -0.15) is 5.26 Å². The highest BCUT2D eigenvalue weighted by molar-refractivity contribution is 6.03. The second-order valence-corrected chi connectivity index (χ2v) is 7.37. The van der Waals surface area contributed by atoms with Gasteiger partial charge in [-0.25, -0.2) is 0 Å². The van der Waals surface area contributed by atoms with E-state index in [1.165, 1.54) is 5.56 Å². The fourth-order valence-electron chi connectivity index (χ4n) is 2.60. The molecule has 3 aromatic rings. The highest BCUT2D eigenvalue weighted by atomic mass is 16.1. The highest BCUT2D eigenvalue weighted by Gasteiger charge is 2.13. The zero-order valence-electron chi connectivity index (χ0n) is 16.0. The Balaban J connectivity index is 1.68. The summed E-state index contributed by atoms with van der Waals surface area (Å²) in [6, 6.07) is 20.2. The van der Waals surface area contributed by atoms with Crippen molar-refractivity contribution in [3.63, 3.8) is 0 Å². The summed E-state index contributed by atoms with van der Waals surface area (Å²) in [4.78, 5) is 12.3. The van der Waals surface area contributed by atoms with Gasteiger partial charge in [0.1, 0.15) is 6.07 Å². The molecule has 2 aromatic carbocycles. The monoisotopic (exact) mass is 371 g/mol.